The molecule has 6 N–H and O–H groups in total. The summed E-state index contributed by atoms with van der Waals surface area (Å²) < 4.78 is 0. The quantitative estimate of drug-likeness (QED) is 0.170. The maximum absolute atomic E-state index is 12.3. The van der Waals surface area contributed by atoms with Crippen LogP contribution in [0.15, 0.2) is 47.7 Å². The van der Waals surface area contributed by atoms with Crippen molar-refractivity contribution < 1.29 is 9.63 Å². The predicted octanol–water partition coefficient (Wildman–Crippen LogP) is 3.62. The van der Waals surface area contributed by atoms with Crippen LogP contribution < -0.4 is 27.3 Å². The van der Waals surface area contributed by atoms with Crippen molar-refractivity contribution in [3.05, 3.63) is 48.2 Å². The van der Waals surface area contributed by atoms with Crippen molar-refractivity contribution in [1.82, 2.24) is 15.3 Å². The van der Waals surface area contributed by atoms with Gasteiger partial charge in [0.15, 0.2) is 0 Å². The molecule has 2 aromatic heterocycles. The van der Waals surface area contributed by atoms with Crippen molar-refractivity contribution in [2.45, 2.75) is 26.7 Å². The largest absolute Gasteiger partial charge is 0.383 e. The van der Waals surface area contributed by atoms with Crippen LogP contribution in [0.4, 0.5) is 23.0 Å². The number of fused-ring (bicyclic) bond motifs is 1. The van der Waals surface area contributed by atoms with Crippen molar-refractivity contribution >= 4 is 45.5 Å². The average Bonchev–Trinajstić information content (AvgIpc) is 2.82. The Morgan fingerprint density at radius 3 is 2.67 bits per heavy atom. The highest BCUT2D eigenvalue weighted by Gasteiger charge is 2.12. The summed E-state index contributed by atoms with van der Waals surface area (Å²) in [6.45, 7) is 4.77. The minimum atomic E-state index is -0.166. The minimum absolute atomic E-state index is 0.166. The van der Waals surface area contributed by atoms with Crippen molar-refractivity contribution in [2.24, 2.45) is 5.10 Å². The van der Waals surface area contributed by atoms with Crippen LogP contribution in [-0.4, -0.2) is 41.8 Å². The van der Waals surface area contributed by atoms with E-state index in [0.717, 1.165) is 35.1 Å². The molecular weight excluding hydrogens is 420 g/mol. The third-order valence-electron chi connectivity index (χ3n) is 4.72. The number of carbonyl (C=O) groups is 1. The lowest BCUT2D eigenvalue weighted by atomic mass is 10.1. The zero-order valence-electron chi connectivity index (χ0n) is 19.1. The van der Waals surface area contributed by atoms with Gasteiger partial charge in [0.25, 0.3) is 5.91 Å². The van der Waals surface area contributed by atoms with Crippen molar-refractivity contribution in [2.75, 3.05) is 42.2 Å². The van der Waals surface area contributed by atoms with E-state index in [0.29, 0.717) is 36.0 Å². The van der Waals surface area contributed by atoms with Gasteiger partial charge in [0.2, 0.25) is 0 Å². The Hall–Kier alpha value is -3.92. The number of nitrogen functional groups attached to an aromatic ring is 1. The number of rotatable bonds is 11. The molecule has 0 fully saturated rings. The average molecular weight is 451 g/mol. The van der Waals surface area contributed by atoms with Crippen molar-refractivity contribution in [3.8, 4) is 0 Å². The number of nitrogens with zero attached hydrogens (tertiary/aromatic N) is 3. The summed E-state index contributed by atoms with van der Waals surface area (Å²) in [4.78, 5) is 26.5. The molecule has 2 heterocycles. The van der Waals surface area contributed by atoms with Crippen LogP contribution in [0.1, 0.15) is 37.0 Å². The maximum Gasteiger partial charge on any atom is 0.252 e. The Balaban J connectivity index is 1.41. The van der Waals surface area contributed by atoms with E-state index >= 15 is 0 Å². The normalized spacial score (nSPS) is 10.5. The van der Waals surface area contributed by atoms with Crippen molar-refractivity contribution in [3.63, 3.8) is 0 Å². The smallest absolute Gasteiger partial charge is 0.252 e. The first-order valence-electron chi connectivity index (χ1n) is 10.7. The van der Waals surface area contributed by atoms with Crippen LogP contribution in [0, 0.1) is 0 Å². The first-order valence-corrected chi connectivity index (χ1v) is 10.7. The van der Waals surface area contributed by atoms with Crippen LogP contribution in [-0.2, 0) is 4.84 Å². The number of nitrogens with one attached hydrogen (secondary N) is 4. The summed E-state index contributed by atoms with van der Waals surface area (Å²) >= 11 is 0. The van der Waals surface area contributed by atoms with Crippen LogP contribution in [0.3, 0.4) is 0 Å². The molecule has 3 rings (SSSR count). The van der Waals surface area contributed by atoms with Crippen LogP contribution in [0.25, 0.3) is 10.9 Å². The van der Waals surface area contributed by atoms with E-state index in [-0.39, 0.29) is 5.91 Å². The van der Waals surface area contributed by atoms with E-state index in [2.05, 4.69) is 36.6 Å². The summed E-state index contributed by atoms with van der Waals surface area (Å²) in [6, 6.07) is 11.1. The lowest BCUT2D eigenvalue weighted by Crippen LogP contribution is -2.24. The molecule has 174 valence electrons. The monoisotopic (exact) mass is 450 g/mol. The van der Waals surface area contributed by atoms with Gasteiger partial charge in [-0.1, -0.05) is 18.2 Å². The standard InChI is InChI=1S/C23H30N8O2/c1-15(2)29-30-19-11-10-16(14-27-19)23(32)26-12-6-7-13-33-31-20-17-8-4-5-9-18(17)28-22(24)21(20)25-3/h4-5,8-11,14,25H,6-7,12-13H2,1-3H3,(H,26,32)(H,27,30)(H3,24,28,31). The first-order chi connectivity index (χ1) is 16.0. The van der Waals surface area contributed by atoms with E-state index in [1.807, 2.05) is 38.1 Å². The third-order valence-corrected chi connectivity index (χ3v) is 4.72. The van der Waals surface area contributed by atoms with Crippen LogP contribution in [0.5, 0.6) is 0 Å². The van der Waals surface area contributed by atoms with Gasteiger partial charge in [0.05, 0.1) is 23.4 Å². The number of aromatic nitrogens is 2. The number of amides is 1. The minimum Gasteiger partial charge on any atom is -0.383 e. The molecule has 1 amide bonds. The fraction of sp³-hybridized carbons (Fsp3) is 0.304. The van der Waals surface area contributed by atoms with E-state index in [9.17, 15) is 4.79 Å². The molecular formula is C23H30N8O2. The molecule has 0 radical (unpaired) electrons. The fourth-order valence-corrected chi connectivity index (χ4v) is 3.08. The summed E-state index contributed by atoms with van der Waals surface area (Å²) in [5.74, 6) is 0.819. The van der Waals surface area contributed by atoms with E-state index < -0.39 is 0 Å². The lowest BCUT2D eigenvalue weighted by Gasteiger charge is -2.16. The Labute approximate surface area is 193 Å². The number of hydrogen-bond acceptors (Lipinski definition) is 9. The molecule has 3 aromatic rings. The molecule has 1 aromatic carbocycles. The molecule has 0 bridgehead atoms. The first kappa shape index (κ1) is 23.7. The Morgan fingerprint density at radius 2 is 1.94 bits per heavy atom. The SMILES string of the molecule is CNc1c(N)nc2ccccc2c1NOCCCCNC(=O)c1ccc(NN=C(C)C)nc1. The number of benzene rings is 1. The van der Waals surface area contributed by atoms with Crippen LogP contribution in [0.2, 0.25) is 0 Å². The summed E-state index contributed by atoms with van der Waals surface area (Å²) in [5, 5.41) is 10.9. The van der Waals surface area contributed by atoms with E-state index in [1.54, 1.807) is 19.2 Å². The number of unbranched alkanes of at least 4 members (excludes halogenated alkanes) is 1. The molecule has 0 aliphatic carbocycles. The number of para-hydroxylation sites is 1. The van der Waals surface area contributed by atoms with E-state index in [4.69, 9.17) is 10.6 Å². The van der Waals surface area contributed by atoms with E-state index in [1.165, 1.54) is 6.20 Å². The Bertz CT molecular complexity index is 1110. The van der Waals surface area contributed by atoms with Crippen molar-refractivity contribution in [1.29, 1.82) is 0 Å². The van der Waals surface area contributed by atoms with Gasteiger partial charge in [-0.15, -0.1) is 0 Å². The molecule has 0 aliphatic rings. The molecule has 0 unspecified atom stereocenters. The number of nitrogens with two attached hydrogens (primary N) is 1. The molecule has 33 heavy (non-hydrogen) atoms. The fourth-order valence-electron chi connectivity index (χ4n) is 3.08. The highest BCUT2D eigenvalue weighted by atomic mass is 16.6. The Kier molecular flexibility index (Phi) is 8.36. The highest BCUT2D eigenvalue weighted by molar-refractivity contribution is 6.01. The van der Waals surface area contributed by atoms with Gasteiger partial charge in [0.1, 0.15) is 17.3 Å². The number of anilines is 4. The predicted molar refractivity (Wildman–Crippen MR) is 133 cm³/mol. The zero-order chi connectivity index (χ0) is 23.6. The number of hydrogen-bond donors (Lipinski definition) is 5. The molecule has 10 nitrogen and oxygen atoms in total. The topological polar surface area (TPSA) is 139 Å². The zero-order valence-corrected chi connectivity index (χ0v) is 19.1. The second-order valence-corrected chi connectivity index (χ2v) is 7.53. The van der Waals surface area contributed by atoms with Crippen LogP contribution >= 0.6 is 0 Å². The molecule has 0 spiro atoms. The highest BCUT2D eigenvalue weighted by Crippen LogP contribution is 2.34. The Morgan fingerprint density at radius 1 is 1.12 bits per heavy atom. The molecule has 0 atom stereocenters. The number of hydrazone groups is 1. The lowest BCUT2D eigenvalue weighted by molar-refractivity contribution is 0.0951. The van der Waals surface area contributed by atoms with Gasteiger partial charge in [-0.3, -0.25) is 20.5 Å². The van der Waals surface area contributed by atoms with Gasteiger partial charge < -0.3 is 16.4 Å². The maximum atomic E-state index is 12.3. The van der Waals surface area contributed by atoms with Gasteiger partial charge >= 0.3 is 0 Å². The summed E-state index contributed by atoms with van der Waals surface area (Å²) in [5.41, 5.74) is 15.5. The molecule has 0 saturated heterocycles. The van der Waals surface area contributed by atoms with Gasteiger partial charge in [-0.25, -0.2) is 9.97 Å². The molecule has 10 heteroatoms. The number of pyridine rings is 2. The molecule has 0 aliphatic heterocycles. The van der Waals surface area contributed by atoms with Gasteiger partial charge in [-0.05, 0) is 44.9 Å². The summed E-state index contributed by atoms with van der Waals surface area (Å²) in [7, 11) is 1.79. The second kappa shape index (κ2) is 11.6. The van der Waals surface area contributed by atoms with Gasteiger partial charge in [-0.2, -0.15) is 5.10 Å². The third kappa shape index (κ3) is 6.53. The summed E-state index contributed by atoms with van der Waals surface area (Å²) in [6.07, 6.45) is 3.05. The molecule has 0 saturated carbocycles. The van der Waals surface area contributed by atoms with Gasteiger partial charge in [0, 0.05) is 30.9 Å². The number of carbonyl (C=O) groups excluding carboxylic acids is 1. The second-order valence-electron chi connectivity index (χ2n) is 7.53.